The van der Waals surface area contributed by atoms with Crippen LogP contribution in [0.15, 0.2) is 35.6 Å². The molecule has 7 nitrogen and oxygen atoms in total. The van der Waals surface area contributed by atoms with E-state index in [0.29, 0.717) is 5.69 Å². The molecule has 0 bridgehead atoms. The topological polar surface area (TPSA) is 89.2 Å². The molecule has 9 heteroatoms. The predicted octanol–water partition coefficient (Wildman–Crippen LogP) is 3.84. The Labute approximate surface area is 163 Å². The van der Waals surface area contributed by atoms with Crippen LogP contribution in [0.4, 0.5) is 11.4 Å². The molecular formula is C18H16N4O3S2. The molecule has 0 unspecified atom stereocenters. The van der Waals surface area contributed by atoms with Gasteiger partial charge >= 0.3 is 0 Å². The van der Waals surface area contributed by atoms with Gasteiger partial charge in [0.2, 0.25) is 5.91 Å². The minimum absolute atomic E-state index is 0.00339. The number of anilines is 1. The maximum absolute atomic E-state index is 12.6. The lowest BCUT2D eigenvalue weighted by atomic mass is 10.2. The molecule has 1 aliphatic rings. The summed E-state index contributed by atoms with van der Waals surface area (Å²) in [5, 5.41) is 12.7. The highest BCUT2D eigenvalue weighted by Crippen LogP contribution is 2.40. The largest absolute Gasteiger partial charge is 0.315 e. The summed E-state index contributed by atoms with van der Waals surface area (Å²) in [5.41, 5.74) is 1.97. The minimum Gasteiger partial charge on any atom is -0.315 e. The molecule has 0 atom stereocenters. The van der Waals surface area contributed by atoms with Crippen molar-refractivity contribution < 1.29 is 9.72 Å². The van der Waals surface area contributed by atoms with Gasteiger partial charge in [0.05, 0.1) is 10.7 Å². The Morgan fingerprint density at radius 3 is 2.81 bits per heavy atom. The lowest BCUT2D eigenvalue weighted by Crippen LogP contribution is -2.27. The molecule has 0 spiro atoms. The molecule has 1 aromatic carbocycles. The molecule has 4 rings (SSSR count). The van der Waals surface area contributed by atoms with Gasteiger partial charge in [-0.3, -0.25) is 14.9 Å². The number of hydrogen-bond donors (Lipinski definition) is 0. The van der Waals surface area contributed by atoms with Crippen LogP contribution < -0.4 is 4.90 Å². The highest BCUT2D eigenvalue weighted by atomic mass is 32.2. The second-order valence-corrected chi connectivity index (χ2v) is 8.28. The van der Waals surface area contributed by atoms with Crippen molar-refractivity contribution in [2.75, 3.05) is 17.7 Å². The molecule has 0 N–H and O–H groups in total. The van der Waals surface area contributed by atoms with E-state index in [9.17, 15) is 14.9 Å². The Morgan fingerprint density at radius 1 is 1.30 bits per heavy atom. The second-order valence-electron chi connectivity index (χ2n) is 6.23. The number of nitrogens with zero attached hydrogens (tertiary/aromatic N) is 4. The molecule has 3 aromatic rings. The first-order valence-electron chi connectivity index (χ1n) is 8.43. The fraction of sp³-hybridized carbons (Fsp3) is 0.278. The van der Waals surface area contributed by atoms with E-state index >= 15 is 0 Å². The first-order valence-corrected chi connectivity index (χ1v) is 10.2. The Balaban J connectivity index is 1.49. The maximum Gasteiger partial charge on any atom is 0.269 e. The molecule has 1 aliphatic carbocycles. The molecule has 0 saturated heterocycles. The molecular weight excluding hydrogens is 384 g/mol. The van der Waals surface area contributed by atoms with Crippen molar-refractivity contribution in [2.45, 2.75) is 24.3 Å². The average Bonchev–Trinajstić information content (AvgIpc) is 3.26. The van der Waals surface area contributed by atoms with Gasteiger partial charge in [-0.05, 0) is 37.0 Å². The summed E-state index contributed by atoms with van der Waals surface area (Å²) in [4.78, 5) is 35.5. The third-order valence-electron chi connectivity index (χ3n) is 4.62. The van der Waals surface area contributed by atoms with Crippen LogP contribution in [0.2, 0.25) is 0 Å². The number of rotatable bonds is 5. The highest BCUT2D eigenvalue weighted by Gasteiger charge is 2.22. The third-order valence-corrected chi connectivity index (χ3v) is 6.79. The number of benzene rings is 1. The number of nitro groups is 1. The third kappa shape index (κ3) is 3.40. The number of thiophene rings is 1. The van der Waals surface area contributed by atoms with Crippen LogP contribution in [-0.2, 0) is 17.6 Å². The Kier molecular flexibility index (Phi) is 4.79. The van der Waals surface area contributed by atoms with E-state index in [2.05, 4.69) is 9.97 Å². The van der Waals surface area contributed by atoms with Crippen molar-refractivity contribution in [1.82, 2.24) is 9.97 Å². The summed E-state index contributed by atoms with van der Waals surface area (Å²) < 4.78 is 0. The summed E-state index contributed by atoms with van der Waals surface area (Å²) in [6.07, 6.45) is 4.87. The van der Waals surface area contributed by atoms with Crippen molar-refractivity contribution in [1.29, 1.82) is 0 Å². The fourth-order valence-corrected chi connectivity index (χ4v) is 5.41. The molecule has 138 valence electrons. The number of hydrogen-bond acceptors (Lipinski definition) is 7. The number of thioether (sulfide) groups is 1. The van der Waals surface area contributed by atoms with Crippen molar-refractivity contribution >= 4 is 50.6 Å². The van der Waals surface area contributed by atoms with E-state index in [1.165, 1.54) is 39.2 Å². The van der Waals surface area contributed by atoms with Crippen molar-refractivity contribution in [2.24, 2.45) is 0 Å². The van der Waals surface area contributed by atoms with Gasteiger partial charge in [-0.2, -0.15) is 0 Å². The molecule has 1 amide bonds. The molecule has 0 aliphatic heterocycles. The lowest BCUT2D eigenvalue weighted by Gasteiger charge is -2.17. The van der Waals surface area contributed by atoms with E-state index in [-0.39, 0.29) is 17.3 Å². The van der Waals surface area contributed by atoms with Gasteiger partial charge in [0.1, 0.15) is 16.2 Å². The van der Waals surface area contributed by atoms with E-state index in [4.69, 9.17) is 0 Å². The van der Waals surface area contributed by atoms with Gasteiger partial charge < -0.3 is 4.90 Å². The average molecular weight is 400 g/mol. The van der Waals surface area contributed by atoms with Crippen LogP contribution in [-0.4, -0.2) is 33.6 Å². The lowest BCUT2D eigenvalue weighted by molar-refractivity contribution is -0.384. The first kappa shape index (κ1) is 17.9. The zero-order valence-electron chi connectivity index (χ0n) is 14.5. The van der Waals surface area contributed by atoms with Crippen LogP contribution in [0.1, 0.15) is 16.9 Å². The number of carbonyl (C=O) groups is 1. The summed E-state index contributed by atoms with van der Waals surface area (Å²) >= 11 is 3.14. The van der Waals surface area contributed by atoms with Crippen LogP contribution >= 0.6 is 23.1 Å². The Bertz CT molecular complexity index is 1030. The highest BCUT2D eigenvalue weighted by molar-refractivity contribution is 8.00. The van der Waals surface area contributed by atoms with Gasteiger partial charge in [-0.1, -0.05) is 11.8 Å². The normalized spacial score (nSPS) is 12.9. The molecule has 0 saturated carbocycles. The van der Waals surface area contributed by atoms with Crippen LogP contribution in [0, 0.1) is 10.1 Å². The van der Waals surface area contributed by atoms with Gasteiger partial charge in [-0.25, -0.2) is 9.97 Å². The van der Waals surface area contributed by atoms with Crippen LogP contribution in [0.5, 0.6) is 0 Å². The van der Waals surface area contributed by atoms with Crippen LogP contribution in [0.3, 0.4) is 0 Å². The number of nitro benzene ring substituents is 1. The quantitative estimate of drug-likeness (QED) is 0.280. The Morgan fingerprint density at radius 2 is 2.07 bits per heavy atom. The van der Waals surface area contributed by atoms with Gasteiger partial charge in [-0.15, -0.1) is 11.3 Å². The Hall–Kier alpha value is -2.52. The standard InChI is InChI=1S/C18H16N4O3S2/c1-21(11-5-7-12(8-6-11)22(24)25)15(23)9-26-17-16-13-3-2-4-14(13)27-18(16)20-10-19-17/h5-8,10H,2-4,9H2,1H3. The smallest absolute Gasteiger partial charge is 0.269 e. The number of aryl methyl sites for hydroxylation is 2. The number of aromatic nitrogens is 2. The second kappa shape index (κ2) is 7.24. The van der Waals surface area contributed by atoms with Crippen molar-refractivity contribution in [3.63, 3.8) is 0 Å². The van der Waals surface area contributed by atoms with Gasteiger partial charge in [0, 0.05) is 35.1 Å². The summed E-state index contributed by atoms with van der Waals surface area (Å²) in [6.45, 7) is 0. The van der Waals surface area contributed by atoms with E-state index < -0.39 is 4.92 Å². The molecule has 2 heterocycles. The summed E-state index contributed by atoms with van der Waals surface area (Å²) in [6, 6.07) is 5.95. The van der Waals surface area contributed by atoms with Gasteiger partial charge in [0.25, 0.3) is 5.69 Å². The number of carbonyl (C=O) groups excluding carboxylic acids is 1. The van der Waals surface area contributed by atoms with Gasteiger partial charge in [0.15, 0.2) is 0 Å². The number of fused-ring (bicyclic) bond motifs is 3. The molecule has 0 radical (unpaired) electrons. The van der Waals surface area contributed by atoms with Crippen LogP contribution in [0.25, 0.3) is 10.2 Å². The van der Waals surface area contributed by atoms with Crippen molar-refractivity contribution in [3.8, 4) is 0 Å². The predicted molar refractivity (Wildman–Crippen MR) is 107 cm³/mol. The number of amides is 1. The fourth-order valence-electron chi connectivity index (χ4n) is 3.18. The molecule has 2 aromatic heterocycles. The SMILES string of the molecule is CN(C(=O)CSc1ncnc2sc3c(c12)CCC3)c1ccc([N+](=O)[O-])cc1. The van der Waals surface area contributed by atoms with E-state index in [1.54, 1.807) is 36.8 Å². The number of non-ortho nitro benzene ring substituents is 1. The monoisotopic (exact) mass is 400 g/mol. The molecule has 27 heavy (non-hydrogen) atoms. The van der Waals surface area contributed by atoms with E-state index in [0.717, 1.165) is 34.5 Å². The van der Waals surface area contributed by atoms with E-state index in [1.807, 2.05) is 0 Å². The maximum atomic E-state index is 12.6. The van der Waals surface area contributed by atoms with Crippen molar-refractivity contribution in [3.05, 3.63) is 51.1 Å². The summed E-state index contributed by atoms with van der Waals surface area (Å²) in [5.74, 6) is 0.150. The zero-order valence-corrected chi connectivity index (χ0v) is 16.2. The molecule has 0 fully saturated rings. The summed E-state index contributed by atoms with van der Waals surface area (Å²) in [7, 11) is 1.67. The first-order chi connectivity index (χ1) is 13.0. The zero-order chi connectivity index (χ0) is 19.0. The minimum atomic E-state index is -0.457.